The van der Waals surface area contributed by atoms with Crippen molar-refractivity contribution in [3.63, 3.8) is 0 Å². The normalized spacial score (nSPS) is 11.5. The third-order valence-corrected chi connectivity index (χ3v) is 5.30. The fourth-order valence-corrected chi connectivity index (χ4v) is 3.65. The van der Waals surface area contributed by atoms with E-state index in [0.717, 1.165) is 35.6 Å². The Balaban J connectivity index is 1.79. The highest BCUT2D eigenvalue weighted by Crippen LogP contribution is 2.16. The Labute approximate surface area is 188 Å². The minimum atomic E-state index is -0.219. The number of carbonyl (C=O) groups excluding carboxylic acids is 1. The van der Waals surface area contributed by atoms with Crippen molar-refractivity contribution < 1.29 is 4.79 Å². The molecule has 0 atom stereocenters. The maximum atomic E-state index is 12.8. The SMILES string of the molecule is CCn1nc(C)c(CCN=C(NC(=O)c2cccc(C)c2)Nc2cccc(Cl)c2)c1C. The van der Waals surface area contributed by atoms with E-state index in [1.54, 1.807) is 18.2 Å². The minimum Gasteiger partial charge on any atom is -0.326 e. The van der Waals surface area contributed by atoms with Gasteiger partial charge in [-0.1, -0.05) is 35.4 Å². The second-order valence-corrected chi connectivity index (χ2v) is 7.84. The van der Waals surface area contributed by atoms with E-state index in [1.165, 1.54) is 5.56 Å². The Hall–Kier alpha value is -3.12. The summed E-state index contributed by atoms with van der Waals surface area (Å²) < 4.78 is 2.00. The summed E-state index contributed by atoms with van der Waals surface area (Å²) >= 11 is 6.11. The van der Waals surface area contributed by atoms with E-state index in [9.17, 15) is 4.79 Å². The lowest BCUT2D eigenvalue weighted by Gasteiger charge is -2.12. The Bertz CT molecular complexity index is 1100. The summed E-state index contributed by atoms with van der Waals surface area (Å²) in [5, 5.41) is 11.2. The van der Waals surface area contributed by atoms with Crippen LogP contribution in [0, 0.1) is 20.8 Å². The highest BCUT2D eigenvalue weighted by atomic mass is 35.5. The van der Waals surface area contributed by atoms with Gasteiger partial charge in [0.15, 0.2) is 0 Å². The van der Waals surface area contributed by atoms with Crippen LogP contribution in [-0.2, 0) is 13.0 Å². The number of carbonyl (C=O) groups is 1. The molecule has 31 heavy (non-hydrogen) atoms. The number of hydrogen-bond donors (Lipinski definition) is 2. The van der Waals surface area contributed by atoms with E-state index in [1.807, 2.05) is 48.9 Å². The molecule has 0 aliphatic heterocycles. The minimum absolute atomic E-state index is 0.219. The van der Waals surface area contributed by atoms with Gasteiger partial charge in [0.25, 0.3) is 5.91 Å². The van der Waals surface area contributed by atoms with Crippen molar-refractivity contribution in [2.24, 2.45) is 4.99 Å². The van der Waals surface area contributed by atoms with E-state index in [4.69, 9.17) is 11.6 Å². The molecule has 0 spiro atoms. The molecule has 0 radical (unpaired) electrons. The molecule has 162 valence electrons. The van der Waals surface area contributed by atoms with Gasteiger partial charge in [-0.05, 0) is 70.0 Å². The Kier molecular flexibility index (Phi) is 7.47. The molecule has 1 amide bonds. The summed E-state index contributed by atoms with van der Waals surface area (Å²) in [6, 6.07) is 14.8. The fourth-order valence-electron chi connectivity index (χ4n) is 3.46. The number of guanidine groups is 1. The lowest BCUT2D eigenvalue weighted by molar-refractivity contribution is 0.0977. The Morgan fingerprint density at radius 1 is 1.13 bits per heavy atom. The van der Waals surface area contributed by atoms with Crippen LogP contribution in [0.2, 0.25) is 5.02 Å². The third kappa shape index (κ3) is 5.95. The van der Waals surface area contributed by atoms with Crippen LogP contribution in [0.5, 0.6) is 0 Å². The lowest BCUT2D eigenvalue weighted by atomic mass is 10.1. The van der Waals surface area contributed by atoms with Crippen molar-refractivity contribution in [3.05, 3.63) is 81.6 Å². The van der Waals surface area contributed by atoms with E-state index >= 15 is 0 Å². The van der Waals surface area contributed by atoms with Crippen LogP contribution < -0.4 is 10.6 Å². The first-order valence-corrected chi connectivity index (χ1v) is 10.7. The Morgan fingerprint density at radius 3 is 2.58 bits per heavy atom. The smallest absolute Gasteiger partial charge is 0.257 e. The molecular weight excluding hydrogens is 410 g/mol. The number of amides is 1. The zero-order valence-electron chi connectivity index (χ0n) is 18.4. The van der Waals surface area contributed by atoms with Crippen LogP contribution in [-0.4, -0.2) is 28.2 Å². The first-order chi connectivity index (χ1) is 14.9. The predicted molar refractivity (Wildman–Crippen MR) is 127 cm³/mol. The molecule has 0 saturated carbocycles. The second-order valence-electron chi connectivity index (χ2n) is 7.40. The molecule has 7 heteroatoms. The number of hydrogen-bond acceptors (Lipinski definition) is 3. The molecule has 0 unspecified atom stereocenters. The van der Waals surface area contributed by atoms with Crippen LogP contribution in [0.1, 0.15) is 39.8 Å². The second kappa shape index (κ2) is 10.3. The number of anilines is 1. The predicted octanol–water partition coefficient (Wildman–Crippen LogP) is 4.92. The standard InChI is InChI=1S/C24H28ClN5O/c1-5-30-18(4)22(17(3)29-30)12-13-26-24(27-21-11-7-10-20(25)15-21)28-23(31)19-9-6-8-16(2)14-19/h6-11,14-15H,5,12-13H2,1-4H3,(H2,26,27,28,31). The third-order valence-electron chi connectivity index (χ3n) is 5.06. The van der Waals surface area contributed by atoms with Gasteiger partial charge < -0.3 is 5.32 Å². The molecule has 0 saturated heterocycles. The first kappa shape index (κ1) is 22.6. The van der Waals surface area contributed by atoms with Crippen molar-refractivity contribution in [1.82, 2.24) is 15.1 Å². The van der Waals surface area contributed by atoms with Crippen molar-refractivity contribution in [1.29, 1.82) is 0 Å². The zero-order valence-corrected chi connectivity index (χ0v) is 19.1. The lowest BCUT2D eigenvalue weighted by Crippen LogP contribution is -2.36. The molecule has 1 heterocycles. The van der Waals surface area contributed by atoms with Gasteiger partial charge in [0.2, 0.25) is 5.96 Å². The summed E-state index contributed by atoms with van der Waals surface area (Å²) in [4.78, 5) is 17.4. The van der Waals surface area contributed by atoms with Gasteiger partial charge in [-0.3, -0.25) is 19.8 Å². The van der Waals surface area contributed by atoms with Gasteiger partial charge >= 0.3 is 0 Å². The van der Waals surface area contributed by atoms with Gasteiger partial charge in [0, 0.05) is 35.1 Å². The first-order valence-electron chi connectivity index (χ1n) is 10.3. The molecule has 2 aromatic carbocycles. The topological polar surface area (TPSA) is 71.3 Å². The van der Waals surface area contributed by atoms with Crippen LogP contribution in [0.4, 0.5) is 5.69 Å². The fraction of sp³-hybridized carbons (Fsp3) is 0.292. The number of nitrogens with zero attached hydrogens (tertiary/aromatic N) is 3. The number of aromatic nitrogens is 2. The maximum absolute atomic E-state index is 12.8. The van der Waals surface area contributed by atoms with E-state index in [2.05, 4.69) is 34.6 Å². The summed E-state index contributed by atoms with van der Waals surface area (Å²) in [5.74, 6) is 0.162. The monoisotopic (exact) mass is 437 g/mol. The quantitative estimate of drug-likeness (QED) is 0.424. The summed E-state index contributed by atoms with van der Waals surface area (Å²) in [6.07, 6.45) is 0.735. The molecule has 0 aliphatic carbocycles. The number of halogens is 1. The van der Waals surface area contributed by atoms with Gasteiger partial charge in [-0.2, -0.15) is 5.10 Å². The van der Waals surface area contributed by atoms with E-state index in [-0.39, 0.29) is 5.91 Å². The number of aliphatic imine (C=N–C) groups is 1. The van der Waals surface area contributed by atoms with Crippen molar-refractivity contribution in [2.75, 3.05) is 11.9 Å². The molecule has 6 nitrogen and oxygen atoms in total. The van der Waals surface area contributed by atoms with Crippen LogP contribution in [0.15, 0.2) is 53.5 Å². The molecule has 3 aromatic rings. The Morgan fingerprint density at radius 2 is 1.90 bits per heavy atom. The number of nitrogens with one attached hydrogen (secondary N) is 2. The van der Waals surface area contributed by atoms with Crippen molar-refractivity contribution >= 4 is 29.2 Å². The van der Waals surface area contributed by atoms with Crippen molar-refractivity contribution in [3.8, 4) is 0 Å². The van der Waals surface area contributed by atoms with Gasteiger partial charge in [0.1, 0.15) is 0 Å². The van der Waals surface area contributed by atoms with Gasteiger partial charge in [-0.25, -0.2) is 0 Å². The van der Waals surface area contributed by atoms with E-state index < -0.39 is 0 Å². The van der Waals surface area contributed by atoms with Crippen molar-refractivity contribution in [2.45, 2.75) is 40.7 Å². The molecular formula is C24H28ClN5O. The summed E-state index contributed by atoms with van der Waals surface area (Å²) in [7, 11) is 0. The largest absolute Gasteiger partial charge is 0.326 e. The highest BCUT2D eigenvalue weighted by Gasteiger charge is 2.12. The summed E-state index contributed by atoms with van der Waals surface area (Å²) in [5.41, 5.74) is 5.72. The average Bonchev–Trinajstić information content (AvgIpc) is 3.01. The number of aryl methyl sites for hydroxylation is 3. The maximum Gasteiger partial charge on any atom is 0.257 e. The van der Waals surface area contributed by atoms with Gasteiger partial charge in [-0.15, -0.1) is 0 Å². The average molecular weight is 438 g/mol. The van der Waals surface area contributed by atoms with Gasteiger partial charge in [0.05, 0.1) is 5.69 Å². The molecule has 3 rings (SSSR count). The summed E-state index contributed by atoms with van der Waals surface area (Å²) in [6.45, 7) is 9.47. The van der Waals surface area contributed by atoms with Crippen LogP contribution >= 0.6 is 11.6 Å². The number of benzene rings is 2. The molecule has 2 N–H and O–H groups in total. The van der Waals surface area contributed by atoms with Crippen LogP contribution in [0.3, 0.4) is 0 Å². The zero-order chi connectivity index (χ0) is 22.4. The van der Waals surface area contributed by atoms with E-state index in [0.29, 0.717) is 23.1 Å². The number of rotatable bonds is 6. The molecule has 0 fully saturated rings. The van der Waals surface area contributed by atoms with Crippen LogP contribution in [0.25, 0.3) is 0 Å². The molecule has 0 bridgehead atoms. The molecule has 0 aliphatic rings. The molecule has 1 aromatic heterocycles. The highest BCUT2D eigenvalue weighted by molar-refractivity contribution is 6.31.